The van der Waals surface area contributed by atoms with Gasteiger partial charge in [-0.1, -0.05) is 0 Å². The Morgan fingerprint density at radius 3 is 2.30 bits per heavy atom. The number of hydrogen-bond donors (Lipinski definition) is 0. The van der Waals surface area contributed by atoms with Crippen molar-refractivity contribution >= 4 is 12.6 Å². The summed E-state index contributed by atoms with van der Waals surface area (Å²) in [5.41, 5.74) is -0.252. The molecule has 1 aromatic rings. The molecule has 1 saturated heterocycles. The van der Waals surface area contributed by atoms with E-state index in [2.05, 4.69) is 0 Å². The highest BCUT2D eigenvalue weighted by atomic mass is 19.1. The lowest BCUT2D eigenvalue weighted by atomic mass is 9.78. The summed E-state index contributed by atoms with van der Waals surface area (Å²) in [7, 11) is -0.593. The zero-order valence-electron chi connectivity index (χ0n) is 12.4. The zero-order valence-corrected chi connectivity index (χ0v) is 12.4. The van der Waals surface area contributed by atoms with Crippen LogP contribution in [0.1, 0.15) is 40.5 Å². The van der Waals surface area contributed by atoms with Crippen LogP contribution in [0.5, 0.6) is 5.75 Å². The normalized spacial score (nSPS) is 23.9. The molecule has 1 heterocycles. The third kappa shape index (κ3) is 2.45. The maximum Gasteiger partial charge on any atom is 0.498 e. The molecule has 2 fully saturated rings. The Labute approximate surface area is 119 Å². The van der Waals surface area contributed by atoms with Gasteiger partial charge in [-0.15, -0.1) is 0 Å². The first kappa shape index (κ1) is 13.9. The lowest BCUT2D eigenvalue weighted by Crippen LogP contribution is -2.41. The molecule has 0 radical (unpaired) electrons. The summed E-state index contributed by atoms with van der Waals surface area (Å²) in [6, 6.07) is 4.51. The second-order valence-corrected chi connectivity index (χ2v) is 6.59. The summed E-state index contributed by atoms with van der Waals surface area (Å²) in [4.78, 5) is 0. The molecule has 3 rings (SSSR count). The summed E-state index contributed by atoms with van der Waals surface area (Å²) < 4.78 is 31.4. The summed E-state index contributed by atoms with van der Waals surface area (Å²) >= 11 is 0. The van der Waals surface area contributed by atoms with Gasteiger partial charge in [-0.05, 0) is 58.7 Å². The van der Waals surface area contributed by atoms with Gasteiger partial charge in [0.25, 0.3) is 0 Å². The summed E-state index contributed by atoms with van der Waals surface area (Å²) in [5, 5.41) is 0. The lowest BCUT2D eigenvalue weighted by Gasteiger charge is -2.32. The Bertz CT molecular complexity index is 510. The van der Waals surface area contributed by atoms with E-state index >= 15 is 0 Å². The van der Waals surface area contributed by atoms with Gasteiger partial charge >= 0.3 is 7.12 Å². The van der Waals surface area contributed by atoms with Gasteiger partial charge < -0.3 is 14.0 Å². The molecule has 1 aliphatic heterocycles. The third-order valence-corrected chi connectivity index (χ3v) is 4.30. The average molecular weight is 278 g/mol. The monoisotopic (exact) mass is 278 g/mol. The molecule has 108 valence electrons. The predicted molar refractivity (Wildman–Crippen MR) is 75.8 cm³/mol. The van der Waals surface area contributed by atoms with E-state index in [0.717, 1.165) is 12.8 Å². The first-order valence-corrected chi connectivity index (χ1v) is 7.10. The summed E-state index contributed by atoms with van der Waals surface area (Å²) in [6.45, 7) is 7.92. The van der Waals surface area contributed by atoms with Gasteiger partial charge in [-0.25, -0.2) is 4.39 Å². The van der Waals surface area contributed by atoms with Gasteiger partial charge in [0.15, 0.2) is 0 Å². The van der Waals surface area contributed by atoms with Crippen LogP contribution < -0.4 is 10.2 Å². The van der Waals surface area contributed by atoms with Crippen LogP contribution >= 0.6 is 0 Å². The van der Waals surface area contributed by atoms with Gasteiger partial charge in [-0.3, -0.25) is 0 Å². The van der Waals surface area contributed by atoms with Crippen LogP contribution in [0.3, 0.4) is 0 Å². The van der Waals surface area contributed by atoms with E-state index in [9.17, 15) is 4.39 Å². The second kappa shape index (κ2) is 4.47. The standard InChI is InChI=1S/C15H20BFO3/c1-14(2)15(3,4)20-16(19-14)12-9-10(17)5-8-13(12)18-11-6-7-11/h5,8-9,11H,6-7H2,1-4H3. The molecule has 1 saturated carbocycles. The first-order valence-electron chi connectivity index (χ1n) is 7.10. The van der Waals surface area contributed by atoms with Crippen LogP contribution in [0.4, 0.5) is 4.39 Å². The van der Waals surface area contributed by atoms with Crippen molar-refractivity contribution in [1.82, 2.24) is 0 Å². The van der Waals surface area contributed by atoms with Crippen molar-refractivity contribution in [2.75, 3.05) is 0 Å². The van der Waals surface area contributed by atoms with E-state index < -0.39 is 18.3 Å². The van der Waals surface area contributed by atoms with Crippen molar-refractivity contribution in [3.05, 3.63) is 24.0 Å². The number of halogens is 1. The van der Waals surface area contributed by atoms with Crippen LogP contribution in [0.25, 0.3) is 0 Å². The smallest absolute Gasteiger partial charge is 0.491 e. The number of benzene rings is 1. The fourth-order valence-electron chi connectivity index (χ4n) is 2.15. The third-order valence-electron chi connectivity index (χ3n) is 4.30. The maximum atomic E-state index is 13.6. The molecule has 5 heteroatoms. The summed E-state index contributed by atoms with van der Waals surface area (Å²) in [5.74, 6) is 0.352. The average Bonchev–Trinajstić information content (AvgIpc) is 3.10. The molecule has 1 aromatic carbocycles. The van der Waals surface area contributed by atoms with Gasteiger partial charge in [0, 0.05) is 5.46 Å². The van der Waals surface area contributed by atoms with E-state index in [1.165, 1.54) is 12.1 Å². The van der Waals surface area contributed by atoms with Crippen LogP contribution in [0.2, 0.25) is 0 Å². The SMILES string of the molecule is CC1(C)OB(c2cc(F)ccc2OC2CC2)OC1(C)C. The number of ether oxygens (including phenoxy) is 1. The highest BCUT2D eigenvalue weighted by Crippen LogP contribution is 2.37. The van der Waals surface area contributed by atoms with Crippen molar-refractivity contribution in [3.63, 3.8) is 0 Å². The zero-order chi connectivity index (χ0) is 14.5. The van der Waals surface area contributed by atoms with E-state index in [-0.39, 0.29) is 11.9 Å². The topological polar surface area (TPSA) is 27.7 Å². The first-order chi connectivity index (χ1) is 9.28. The molecule has 0 N–H and O–H groups in total. The molecular weight excluding hydrogens is 258 g/mol. The van der Waals surface area contributed by atoms with E-state index in [4.69, 9.17) is 14.0 Å². The highest BCUT2D eigenvalue weighted by molar-refractivity contribution is 6.63. The Kier molecular flexibility index (Phi) is 3.10. The molecule has 0 aromatic heterocycles. The molecule has 3 nitrogen and oxygen atoms in total. The van der Waals surface area contributed by atoms with Crippen molar-refractivity contribution in [2.24, 2.45) is 0 Å². The van der Waals surface area contributed by atoms with Gasteiger partial charge in [-0.2, -0.15) is 0 Å². The van der Waals surface area contributed by atoms with Crippen molar-refractivity contribution in [1.29, 1.82) is 0 Å². The van der Waals surface area contributed by atoms with Crippen LogP contribution in [-0.4, -0.2) is 24.4 Å². The van der Waals surface area contributed by atoms with Gasteiger partial charge in [0.1, 0.15) is 11.6 Å². The Hall–Kier alpha value is -1.07. The van der Waals surface area contributed by atoms with Crippen LogP contribution in [0, 0.1) is 5.82 Å². The maximum absolute atomic E-state index is 13.6. The molecule has 0 amide bonds. The van der Waals surface area contributed by atoms with Crippen molar-refractivity contribution < 1.29 is 18.4 Å². The van der Waals surface area contributed by atoms with E-state index in [0.29, 0.717) is 11.2 Å². The summed E-state index contributed by atoms with van der Waals surface area (Å²) in [6.07, 6.45) is 2.36. The number of rotatable bonds is 3. The Morgan fingerprint density at radius 1 is 1.15 bits per heavy atom. The van der Waals surface area contributed by atoms with Gasteiger partial charge in [0.2, 0.25) is 0 Å². The van der Waals surface area contributed by atoms with Crippen molar-refractivity contribution in [2.45, 2.75) is 57.8 Å². The molecule has 20 heavy (non-hydrogen) atoms. The lowest BCUT2D eigenvalue weighted by molar-refractivity contribution is 0.00578. The molecule has 0 bridgehead atoms. The molecule has 0 unspecified atom stereocenters. The fourth-order valence-corrected chi connectivity index (χ4v) is 2.15. The number of hydrogen-bond acceptors (Lipinski definition) is 3. The molecule has 0 spiro atoms. The second-order valence-electron chi connectivity index (χ2n) is 6.59. The minimum Gasteiger partial charge on any atom is -0.491 e. The molecule has 2 aliphatic rings. The largest absolute Gasteiger partial charge is 0.498 e. The van der Waals surface area contributed by atoms with Gasteiger partial charge in [0.05, 0.1) is 17.3 Å². The quantitative estimate of drug-likeness (QED) is 0.795. The Morgan fingerprint density at radius 2 is 1.75 bits per heavy atom. The van der Waals surface area contributed by atoms with Crippen LogP contribution in [0.15, 0.2) is 18.2 Å². The predicted octanol–water partition coefficient (Wildman–Crippen LogP) is 2.67. The minimum absolute atomic E-state index is 0.252. The van der Waals surface area contributed by atoms with Crippen molar-refractivity contribution in [3.8, 4) is 5.75 Å². The molecule has 1 aliphatic carbocycles. The molecule has 0 atom stereocenters. The van der Waals surface area contributed by atoms with E-state index in [1.807, 2.05) is 27.7 Å². The van der Waals surface area contributed by atoms with Crippen LogP contribution in [-0.2, 0) is 9.31 Å². The minimum atomic E-state index is -0.593. The highest BCUT2D eigenvalue weighted by Gasteiger charge is 2.52. The Balaban J connectivity index is 1.91. The molecular formula is C15H20BFO3. The fraction of sp³-hybridized carbons (Fsp3) is 0.600. The van der Waals surface area contributed by atoms with E-state index in [1.54, 1.807) is 6.07 Å².